The zero-order valence-corrected chi connectivity index (χ0v) is 21.9. The standard InChI is InChI=1S/C24H25Cl2N3O6S/c1-15(25)2-9-21(30)29(23(32)19-7-8-20(26)36-19)13-18-12-28(24(33)35-18)17-5-3-16(4-6-17)27-10-11-34-14-22(27)31/h3-8,15,18H,2,9-14H2,1H3/t15?,18-/m1/s1. The highest BCUT2D eigenvalue weighted by Crippen LogP contribution is 2.27. The number of amides is 4. The highest BCUT2D eigenvalue weighted by atomic mass is 35.5. The monoisotopic (exact) mass is 553 g/mol. The van der Waals surface area contributed by atoms with Crippen LogP contribution in [0.25, 0.3) is 0 Å². The first kappa shape index (κ1) is 26.4. The van der Waals surface area contributed by atoms with Crippen LogP contribution in [0, 0.1) is 0 Å². The van der Waals surface area contributed by atoms with Gasteiger partial charge >= 0.3 is 6.09 Å². The smallest absolute Gasteiger partial charge is 0.414 e. The quantitative estimate of drug-likeness (QED) is 0.455. The average Bonchev–Trinajstić information content (AvgIpc) is 3.46. The summed E-state index contributed by atoms with van der Waals surface area (Å²) in [5, 5.41) is -0.224. The van der Waals surface area contributed by atoms with E-state index in [0.717, 1.165) is 16.2 Å². The number of hydrogen-bond donors (Lipinski definition) is 0. The minimum atomic E-state index is -0.713. The number of benzene rings is 1. The van der Waals surface area contributed by atoms with Gasteiger partial charge in [-0.25, -0.2) is 4.79 Å². The van der Waals surface area contributed by atoms with Crippen LogP contribution >= 0.6 is 34.5 Å². The van der Waals surface area contributed by atoms with E-state index in [4.69, 9.17) is 32.7 Å². The number of alkyl halides is 1. The van der Waals surface area contributed by atoms with Crippen molar-refractivity contribution in [3.63, 3.8) is 0 Å². The lowest BCUT2D eigenvalue weighted by Gasteiger charge is -2.27. The van der Waals surface area contributed by atoms with E-state index < -0.39 is 24.0 Å². The van der Waals surface area contributed by atoms with Gasteiger partial charge in [-0.15, -0.1) is 22.9 Å². The summed E-state index contributed by atoms with van der Waals surface area (Å²) in [7, 11) is 0. The Balaban J connectivity index is 1.45. The van der Waals surface area contributed by atoms with Gasteiger partial charge in [0.2, 0.25) is 5.91 Å². The maximum absolute atomic E-state index is 13.1. The van der Waals surface area contributed by atoms with Crippen LogP contribution in [0.2, 0.25) is 4.34 Å². The summed E-state index contributed by atoms with van der Waals surface area (Å²) >= 11 is 13.1. The third-order valence-electron chi connectivity index (χ3n) is 5.81. The molecular formula is C24H25Cl2N3O6S. The fraction of sp³-hybridized carbons (Fsp3) is 0.417. The highest BCUT2D eigenvalue weighted by molar-refractivity contribution is 7.18. The van der Waals surface area contributed by atoms with Gasteiger partial charge in [0.05, 0.1) is 28.9 Å². The molecule has 0 bridgehead atoms. The maximum Gasteiger partial charge on any atom is 0.414 e. The Morgan fingerprint density at radius 3 is 2.44 bits per heavy atom. The van der Waals surface area contributed by atoms with E-state index in [1.807, 2.05) is 0 Å². The number of anilines is 2. The van der Waals surface area contributed by atoms with E-state index in [-0.39, 0.29) is 37.4 Å². The number of cyclic esters (lactones) is 1. The number of ether oxygens (including phenoxy) is 2. The first-order valence-corrected chi connectivity index (χ1v) is 13.1. The van der Waals surface area contributed by atoms with Gasteiger partial charge < -0.3 is 14.4 Å². The number of nitrogens with zero attached hydrogens (tertiary/aromatic N) is 3. The fourth-order valence-corrected chi connectivity index (χ4v) is 5.05. The zero-order chi connectivity index (χ0) is 25.8. The molecular weight excluding hydrogens is 529 g/mol. The third kappa shape index (κ3) is 6.18. The topological polar surface area (TPSA) is 96.5 Å². The van der Waals surface area contributed by atoms with Gasteiger partial charge in [0.1, 0.15) is 12.7 Å². The molecule has 9 nitrogen and oxygen atoms in total. The first-order valence-electron chi connectivity index (χ1n) is 11.4. The summed E-state index contributed by atoms with van der Waals surface area (Å²) in [6.07, 6.45) is -0.802. The van der Waals surface area contributed by atoms with Crippen molar-refractivity contribution >= 4 is 69.7 Å². The molecule has 1 unspecified atom stereocenters. The van der Waals surface area contributed by atoms with Crippen LogP contribution in [0.5, 0.6) is 0 Å². The zero-order valence-electron chi connectivity index (χ0n) is 19.5. The van der Waals surface area contributed by atoms with Crippen molar-refractivity contribution in [2.75, 3.05) is 42.6 Å². The van der Waals surface area contributed by atoms with E-state index in [0.29, 0.717) is 40.2 Å². The Labute approximate surface area is 222 Å². The molecule has 4 rings (SSSR count). The van der Waals surface area contributed by atoms with Crippen molar-refractivity contribution in [1.29, 1.82) is 0 Å². The second-order valence-corrected chi connectivity index (χ2v) is 10.9. The number of hydrogen-bond acceptors (Lipinski definition) is 7. The molecule has 2 aliphatic rings. The van der Waals surface area contributed by atoms with Gasteiger partial charge in [-0.3, -0.25) is 24.2 Å². The molecule has 1 aromatic carbocycles. The molecule has 3 heterocycles. The molecule has 4 amide bonds. The molecule has 0 spiro atoms. The van der Waals surface area contributed by atoms with E-state index in [1.54, 1.807) is 48.2 Å². The maximum atomic E-state index is 13.1. The van der Waals surface area contributed by atoms with Crippen molar-refractivity contribution in [3.8, 4) is 0 Å². The van der Waals surface area contributed by atoms with Crippen molar-refractivity contribution in [3.05, 3.63) is 45.6 Å². The molecule has 1 aromatic heterocycles. The largest absolute Gasteiger partial charge is 0.442 e. The second-order valence-electron chi connectivity index (χ2n) is 8.46. The first-order chi connectivity index (χ1) is 17.2. The van der Waals surface area contributed by atoms with Crippen LogP contribution < -0.4 is 9.80 Å². The number of imide groups is 1. The average molecular weight is 554 g/mol. The molecule has 0 radical (unpaired) electrons. The van der Waals surface area contributed by atoms with Gasteiger partial charge in [0, 0.05) is 29.7 Å². The molecule has 0 aliphatic carbocycles. The van der Waals surface area contributed by atoms with E-state index in [2.05, 4.69) is 0 Å². The van der Waals surface area contributed by atoms with Crippen molar-refractivity contribution in [2.24, 2.45) is 0 Å². The predicted molar refractivity (Wildman–Crippen MR) is 137 cm³/mol. The van der Waals surface area contributed by atoms with Crippen LogP contribution in [0.15, 0.2) is 36.4 Å². The van der Waals surface area contributed by atoms with Crippen LogP contribution in [0.4, 0.5) is 16.2 Å². The Morgan fingerprint density at radius 1 is 1.14 bits per heavy atom. The number of rotatable bonds is 8. The third-order valence-corrected chi connectivity index (χ3v) is 7.24. The lowest BCUT2D eigenvalue weighted by Crippen LogP contribution is -2.43. The van der Waals surface area contributed by atoms with Gasteiger partial charge in [0.25, 0.3) is 11.8 Å². The van der Waals surface area contributed by atoms with E-state index in [1.165, 1.54) is 4.90 Å². The van der Waals surface area contributed by atoms with Crippen LogP contribution in [-0.2, 0) is 19.1 Å². The number of thiophene rings is 1. The summed E-state index contributed by atoms with van der Waals surface area (Å²) in [5.74, 6) is -1.01. The molecule has 0 saturated carbocycles. The molecule has 2 saturated heterocycles. The van der Waals surface area contributed by atoms with Crippen LogP contribution in [0.1, 0.15) is 29.4 Å². The molecule has 2 fully saturated rings. The normalized spacial score (nSPS) is 18.8. The number of morpholine rings is 1. The molecule has 192 valence electrons. The summed E-state index contributed by atoms with van der Waals surface area (Å²) in [4.78, 5) is 55.2. The van der Waals surface area contributed by atoms with Crippen LogP contribution in [0.3, 0.4) is 0 Å². The lowest BCUT2D eigenvalue weighted by molar-refractivity contribution is -0.129. The summed E-state index contributed by atoms with van der Waals surface area (Å²) < 4.78 is 11.1. The van der Waals surface area contributed by atoms with Crippen LogP contribution in [-0.4, -0.2) is 73.0 Å². The fourth-order valence-electron chi connectivity index (χ4n) is 3.95. The van der Waals surface area contributed by atoms with Gasteiger partial charge in [-0.2, -0.15) is 0 Å². The summed E-state index contributed by atoms with van der Waals surface area (Å²) in [6.45, 7) is 2.80. The number of carbonyl (C=O) groups excluding carboxylic acids is 4. The summed E-state index contributed by atoms with van der Waals surface area (Å²) in [5.41, 5.74) is 1.29. The Bertz CT molecular complexity index is 1140. The van der Waals surface area contributed by atoms with E-state index >= 15 is 0 Å². The highest BCUT2D eigenvalue weighted by Gasteiger charge is 2.36. The molecule has 2 aromatic rings. The molecule has 36 heavy (non-hydrogen) atoms. The van der Waals surface area contributed by atoms with Crippen molar-refractivity contribution < 1.29 is 28.7 Å². The molecule has 0 N–H and O–H groups in total. The van der Waals surface area contributed by atoms with E-state index in [9.17, 15) is 19.2 Å². The lowest BCUT2D eigenvalue weighted by atomic mass is 10.2. The molecule has 2 atom stereocenters. The van der Waals surface area contributed by atoms with Gasteiger partial charge in [-0.05, 0) is 49.7 Å². The van der Waals surface area contributed by atoms with Crippen molar-refractivity contribution in [2.45, 2.75) is 31.2 Å². The number of halogens is 2. The Kier molecular flexibility index (Phi) is 8.50. The van der Waals surface area contributed by atoms with Gasteiger partial charge in [-0.1, -0.05) is 11.6 Å². The molecule has 2 aliphatic heterocycles. The molecule has 12 heteroatoms. The minimum Gasteiger partial charge on any atom is -0.442 e. The van der Waals surface area contributed by atoms with Gasteiger partial charge in [0.15, 0.2) is 0 Å². The second kappa shape index (κ2) is 11.6. The Hall–Kier alpha value is -2.66. The summed E-state index contributed by atoms with van der Waals surface area (Å²) in [6, 6.07) is 10.1. The SMILES string of the molecule is CC(Cl)CCC(=O)N(C[C@H]1CN(c2ccc(N3CCOCC3=O)cc2)C(=O)O1)C(=O)c1ccc(Cl)s1. The number of carbonyl (C=O) groups is 4. The predicted octanol–water partition coefficient (Wildman–Crippen LogP) is 4.17. The minimum absolute atomic E-state index is 0.0390. The van der Waals surface area contributed by atoms with Crippen molar-refractivity contribution in [1.82, 2.24) is 4.90 Å². The Morgan fingerprint density at radius 2 is 1.83 bits per heavy atom.